The third-order valence-electron chi connectivity index (χ3n) is 2.09. The summed E-state index contributed by atoms with van der Waals surface area (Å²) in [5.74, 6) is 0. The molecule has 0 aromatic heterocycles. The van der Waals surface area contributed by atoms with Crippen molar-refractivity contribution in [1.29, 1.82) is 0 Å². The van der Waals surface area contributed by atoms with Gasteiger partial charge in [0.05, 0.1) is 0 Å². The lowest BCUT2D eigenvalue weighted by Crippen LogP contribution is -2.58. The summed E-state index contributed by atoms with van der Waals surface area (Å²) in [6.45, 7) is 0.161. The summed E-state index contributed by atoms with van der Waals surface area (Å²) in [6.07, 6.45) is 0.684. The first-order valence-corrected chi connectivity index (χ1v) is 4.03. The number of likely N-dealkylation sites (N-methyl/N-ethyl adjacent to an activating group) is 1. The van der Waals surface area contributed by atoms with Crippen LogP contribution in [0.2, 0.25) is 0 Å². The largest absolute Gasteiger partial charge is 0.320 e. The highest BCUT2D eigenvalue weighted by Crippen LogP contribution is 2.23. The molecule has 0 bridgehead atoms. The molecule has 1 aliphatic heterocycles. The Hall–Kier alpha value is -0.530. The first-order valence-electron chi connectivity index (χ1n) is 4.03. The van der Waals surface area contributed by atoms with Gasteiger partial charge in [-0.3, -0.25) is 25.5 Å². The van der Waals surface area contributed by atoms with E-state index in [0.717, 1.165) is 0 Å². The van der Waals surface area contributed by atoms with E-state index in [1.54, 1.807) is 21.1 Å². The maximum absolute atomic E-state index is 10.8. The average Bonchev–Trinajstić information content (AvgIpc) is 2.59. The molecule has 1 rings (SSSR count). The van der Waals surface area contributed by atoms with E-state index in [0.29, 0.717) is 6.29 Å². The Morgan fingerprint density at radius 3 is 2.08 bits per heavy atom. The first kappa shape index (κ1) is 10.6. The van der Waals surface area contributed by atoms with Crippen LogP contribution in [0.1, 0.15) is 0 Å². The molecule has 0 radical (unpaired) electrons. The van der Waals surface area contributed by atoms with Crippen LogP contribution in [0.5, 0.6) is 0 Å². The van der Waals surface area contributed by atoms with Gasteiger partial charge >= 0.3 is 0 Å². The zero-order valence-corrected chi connectivity index (χ0v) is 8.01. The van der Waals surface area contributed by atoms with Gasteiger partial charge in [-0.1, -0.05) is 0 Å². The highest BCUT2D eigenvalue weighted by Gasteiger charge is 2.49. The number of nitrogens with one attached hydrogen (secondary N) is 3. The van der Waals surface area contributed by atoms with Crippen LogP contribution in [0.25, 0.3) is 0 Å². The van der Waals surface area contributed by atoms with Crippen molar-refractivity contribution in [2.45, 2.75) is 11.8 Å². The van der Waals surface area contributed by atoms with Gasteiger partial charge in [0.2, 0.25) is 5.72 Å². The number of ether oxygens (including phenoxy) is 2. The molecule has 1 saturated heterocycles. The van der Waals surface area contributed by atoms with Crippen LogP contribution in [0.4, 0.5) is 0 Å². The Bertz CT molecular complexity index is 195. The minimum absolute atomic E-state index is 0.161. The Morgan fingerprint density at radius 2 is 1.85 bits per heavy atom. The minimum atomic E-state index is -1.08. The molecule has 76 valence electrons. The van der Waals surface area contributed by atoms with Crippen molar-refractivity contribution >= 4 is 6.29 Å². The van der Waals surface area contributed by atoms with Gasteiger partial charge in [0.1, 0.15) is 6.61 Å². The lowest BCUT2D eigenvalue weighted by molar-refractivity contribution is -0.222. The number of hydrogen-bond acceptors (Lipinski definition) is 6. The van der Waals surface area contributed by atoms with Gasteiger partial charge in [0.25, 0.3) is 6.03 Å². The van der Waals surface area contributed by atoms with Crippen LogP contribution in [-0.4, -0.2) is 45.8 Å². The molecule has 0 saturated carbocycles. The van der Waals surface area contributed by atoms with Crippen LogP contribution in [0.15, 0.2) is 0 Å². The number of carbonyl (C=O) groups excluding carboxylic acids is 1. The second kappa shape index (κ2) is 3.69. The Kier molecular flexibility index (Phi) is 2.99. The van der Waals surface area contributed by atoms with Crippen molar-refractivity contribution in [3.63, 3.8) is 0 Å². The first-order chi connectivity index (χ1) is 6.16. The molecular formula is C7H15N3O3. The quantitative estimate of drug-likeness (QED) is 0.358. The number of hydrogen-bond donors (Lipinski definition) is 3. The lowest BCUT2D eigenvalue weighted by Gasteiger charge is -2.28. The molecule has 1 aliphatic rings. The molecule has 0 aromatic rings. The van der Waals surface area contributed by atoms with Crippen LogP contribution in [-0.2, 0) is 14.3 Å². The highest BCUT2D eigenvalue weighted by molar-refractivity contribution is 5.62. The monoisotopic (exact) mass is 189 g/mol. The molecule has 0 unspecified atom stereocenters. The van der Waals surface area contributed by atoms with Crippen molar-refractivity contribution < 1.29 is 14.3 Å². The van der Waals surface area contributed by atoms with Gasteiger partial charge in [0, 0.05) is 0 Å². The Morgan fingerprint density at radius 1 is 1.23 bits per heavy atom. The number of carbonyl (C=O) groups is 1. The predicted octanol–water partition coefficient (Wildman–Crippen LogP) is -1.80. The van der Waals surface area contributed by atoms with E-state index in [9.17, 15) is 4.79 Å². The summed E-state index contributed by atoms with van der Waals surface area (Å²) in [6, 6.07) is -1.08. The summed E-state index contributed by atoms with van der Waals surface area (Å²) in [5, 5.41) is 8.35. The van der Waals surface area contributed by atoms with Crippen LogP contribution < -0.4 is 16.0 Å². The van der Waals surface area contributed by atoms with Crippen molar-refractivity contribution in [1.82, 2.24) is 16.0 Å². The fourth-order valence-electron chi connectivity index (χ4n) is 1.14. The molecular weight excluding hydrogens is 174 g/mol. The summed E-state index contributed by atoms with van der Waals surface area (Å²) >= 11 is 0. The Labute approximate surface area is 77.0 Å². The molecule has 1 fully saturated rings. The zero-order chi connectivity index (χ0) is 9.95. The van der Waals surface area contributed by atoms with E-state index in [4.69, 9.17) is 9.47 Å². The van der Waals surface area contributed by atoms with Gasteiger partial charge in [-0.2, -0.15) is 0 Å². The maximum Gasteiger partial charge on any atom is 0.293 e. The van der Waals surface area contributed by atoms with E-state index in [2.05, 4.69) is 16.0 Å². The highest BCUT2D eigenvalue weighted by atomic mass is 16.8. The van der Waals surface area contributed by atoms with Crippen LogP contribution in [0.3, 0.4) is 0 Å². The van der Waals surface area contributed by atoms with E-state index in [1.165, 1.54) is 0 Å². The van der Waals surface area contributed by atoms with E-state index >= 15 is 0 Å². The molecule has 0 spiro atoms. The van der Waals surface area contributed by atoms with Gasteiger partial charge in [-0.25, -0.2) is 0 Å². The zero-order valence-electron chi connectivity index (χ0n) is 8.01. The SMILES string of the molecule is CNC1(NC)OC[C@@](C=O)(NC)O1. The third-order valence-corrected chi connectivity index (χ3v) is 2.09. The summed E-state index contributed by atoms with van der Waals surface area (Å²) < 4.78 is 10.7. The topological polar surface area (TPSA) is 71.6 Å². The standard InChI is InChI=1S/C7H15N3O3/c1-8-6(4-11)5-12-7(9-2,10-3)13-6/h4,8-10H,5H2,1-3H3/t6-/m0/s1. The molecule has 0 aliphatic carbocycles. The smallest absolute Gasteiger partial charge is 0.293 e. The normalized spacial score (nSPS) is 31.9. The van der Waals surface area contributed by atoms with E-state index < -0.39 is 11.8 Å². The van der Waals surface area contributed by atoms with Crippen molar-refractivity contribution in [3.05, 3.63) is 0 Å². The molecule has 0 amide bonds. The van der Waals surface area contributed by atoms with Gasteiger partial charge in [0.15, 0.2) is 6.29 Å². The Balaban J connectivity index is 2.75. The second-order valence-corrected chi connectivity index (χ2v) is 2.76. The van der Waals surface area contributed by atoms with Crippen molar-refractivity contribution in [2.75, 3.05) is 27.7 Å². The fourth-order valence-corrected chi connectivity index (χ4v) is 1.14. The number of rotatable bonds is 4. The minimum Gasteiger partial charge on any atom is -0.320 e. The van der Waals surface area contributed by atoms with Gasteiger partial charge in [-0.15, -0.1) is 0 Å². The molecule has 1 heterocycles. The molecule has 3 N–H and O–H groups in total. The van der Waals surface area contributed by atoms with E-state index in [-0.39, 0.29) is 6.61 Å². The predicted molar refractivity (Wildman–Crippen MR) is 45.7 cm³/mol. The van der Waals surface area contributed by atoms with Gasteiger partial charge in [-0.05, 0) is 21.1 Å². The fraction of sp³-hybridized carbons (Fsp3) is 0.857. The third kappa shape index (κ3) is 1.72. The average molecular weight is 189 g/mol. The van der Waals surface area contributed by atoms with Crippen LogP contribution in [0, 0.1) is 0 Å². The summed E-state index contributed by atoms with van der Waals surface area (Å²) in [7, 11) is 4.99. The summed E-state index contributed by atoms with van der Waals surface area (Å²) in [4.78, 5) is 10.8. The van der Waals surface area contributed by atoms with Crippen molar-refractivity contribution in [2.24, 2.45) is 0 Å². The second-order valence-electron chi connectivity index (χ2n) is 2.76. The molecule has 13 heavy (non-hydrogen) atoms. The molecule has 0 aromatic carbocycles. The van der Waals surface area contributed by atoms with E-state index in [1.807, 2.05) is 0 Å². The lowest BCUT2D eigenvalue weighted by atomic mass is 10.3. The number of aldehydes is 1. The van der Waals surface area contributed by atoms with Crippen LogP contribution >= 0.6 is 0 Å². The molecule has 1 atom stereocenters. The van der Waals surface area contributed by atoms with Gasteiger partial charge < -0.3 is 4.74 Å². The summed E-state index contributed by atoms with van der Waals surface area (Å²) in [5.41, 5.74) is -1.06. The van der Waals surface area contributed by atoms with Crippen molar-refractivity contribution in [3.8, 4) is 0 Å². The molecule has 6 heteroatoms. The maximum atomic E-state index is 10.8. The molecule has 6 nitrogen and oxygen atoms in total.